The van der Waals surface area contributed by atoms with Crippen LogP contribution in [-0.2, 0) is 16.6 Å². The van der Waals surface area contributed by atoms with Crippen LogP contribution in [0, 0.1) is 5.92 Å². The molecule has 0 aromatic carbocycles. The van der Waals surface area contributed by atoms with E-state index in [4.69, 9.17) is 10.9 Å². The summed E-state index contributed by atoms with van der Waals surface area (Å²) < 4.78 is 28.2. The number of aryl methyl sites for hydroxylation is 1. The molecule has 0 atom stereocenters. The number of hydrogen-bond donors (Lipinski definition) is 2. The Labute approximate surface area is 125 Å². The maximum Gasteiger partial charge on any atom is 0.262 e. The average Bonchev–Trinajstić information content (AvgIpc) is 2.92. The minimum absolute atomic E-state index is 0.00181. The second-order valence-corrected chi connectivity index (χ2v) is 7.03. The summed E-state index contributed by atoms with van der Waals surface area (Å²) in [6, 6.07) is 0. The maximum absolute atomic E-state index is 12.6. The van der Waals surface area contributed by atoms with Crippen molar-refractivity contribution in [3.05, 3.63) is 12.5 Å². The first-order valence-electron chi connectivity index (χ1n) is 6.79. The summed E-state index contributed by atoms with van der Waals surface area (Å²) in [5.41, 5.74) is 5.42. The molecule has 0 unspecified atom stereocenters. The van der Waals surface area contributed by atoms with Crippen LogP contribution in [0.4, 0.5) is 0 Å². The van der Waals surface area contributed by atoms with Gasteiger partial charge in [-0.05, 0) is 12.8 Å². The lowest BCUT2D eigenvalue weighted by atomic mass is 10.2. The van der Waals surface area contributed by atoms with Gasteiger partial charge in [-0.15, -0.1) is 0 Å². The van der Waals surface area contributed by atoms with E-state index in [0.717, 1.165) is 0 Å². The Hall–Kier alpha value is -1.61. The third-order valence-electron chi connectivity index (χ3n) is 2.89. The standard InChI is InChI=1S/C12H23N5O3S/c1-4-16-8-12(14-9-16)21(19,20)17(7-10(2)3)6-5-11(13)15-18/h8-10,18H,4-7H2,1-3H3,(H2,13,15). The highest BCUT2D eigenvalue weighted by molar-refractivity contribution is 7.89. The van der Waals surface area contributed by atoms with E-state index in [9.17, 15) is 8.42 Å². The molecular weight excluding hydrogens is 294 g/mol. The Morgan fingerprint density at radius 3 is 2.71 bits per heavy atom. The number of imidazole rings is 1. The zero-order valence-corrected chi connectivity index (χ0v) is 13.4. The monoisotopic (exact) mass is 317 g/mol. The van der Waals surface area contributed by atoms with Crippen molar-refractivity contribution >= 4 is 15.9 Å². The van der Waals surface area contributed by atoms with E-state index >= 15 is 0 Å². The highest BCUT2D eigenvalue weighted by Crippen LogP contribution is 2.15. The fraction of sp³-hybridized carbons (Fsp3) is 0.667. The SMILES string of the molecule is CCn1cnc(S(=O)(=O)N(CCC(N)=NO)CC(C)C)c1. The molecule has 0 aliphatic rings. The summed E-state index contributed by atoms with van der Waals surface area (Å²) >= 11 is 0. The molecule has 1 aromatic rings. The molecule has 120 valence electrons. The van der Waals surface area contributed by atoms with Crippen LogP contribution in [0.25, 0.3) is 0 Å². The highest BCUT2D eigenvalue weighted by Gasteiger charge is 2.27. The number of amidine groups is 1. The van der Waals surface area contributed by atoms with Crippen molar-refractivity contribution in [3.63, 3.8) is 0 Å². The number of hydrogen-bond acceptors (Lipinski definition) is 5. The molecule has 0 aliphatic carbocycles. The van der Waals surface area contributed by atoms with Gasteiger partial charge in [0.2, 0.25) is 0 Å². The van der Waals surface area contributed by atoms with Crippen LogP contribution in [0.5, 0.6) is 0 Å². The lowest BCUT2D eigenvalue weighted by Gasteiger charge is -2.22. The van der Waals surface area contributed by atoms with Crippen LogP contribution in [0.3, 0.4) is 0 Å². The third kappa shape index (κ3) is 4.71. The van der Waals surface area contributed by atoms with Crippen LogP contribution in [0.15, 0.2) is 22.7 Å². The molecule has 0 aliphatic heterocycles. The molecule has 0 saturated heterocycles. The van der Waals surface area contributed by atoms with Gasteiger partial charge < -0.3 is 15.5 Å². The quantitative estimate of drug-likeness (QED) is 0.317. The smallest absolute Gasteiger partial charge is 0.262 e. The molecular formula is C12H23N5O3S. The zero-order valence-electron chi connectivity index (χ0n) is 12.6. The highest BCUT2D eigenvalue weighted by atomic mass is 32.2. The van der Waals surface area contributed by atoms with Crippen molar-refractivity contribution in [3.8, 4) is 0 Å². The molecule has 1 aromatic heterocycles. The lowest BCUT2D eigenvalue weighted by molar-refractivity contribution is 0.314. The van der Waals surface area contributed by atoms with Gasteiger partial charge in [-0.3, -0.25) is 0 Å². The molecule has 1 heterocycles. The molecule has 3 N–H and O–H groups in total. The third-order valence-corrected chi connectivity index (χ3v) is 4.64. The van der Waals surface area contributed by atoms with E-state index in [-0.39, 0.29) is 29.7 Å². The van der Waals surface area contributed by atoms with E-state index < -0.39 is 10.0 Å². The summed E-state index contributed by atoms with van der Waals surface area (Å²) in [6.07, 6.45) is 3.16. The Morgan fingerprint density at radius 1 is 1.57 bits per heavy atom. The van der Waals surface area contributed by atoms with Gasteiger partial charge in [-0.1, -0.05) is 19.0 Å². The Bertz CT molecular complexity index is 579. The molecule has 0 fully saturated rings. The molecule has 0 bridgehead atoms. The van der Waals surface area contributed by atoms with Gasteiger partial charge in [0.15, 0.2) is 5.03 Å². The summed E-state index contributed by atoms with van der Waals surface area (Å²) in [4.78, 5) is 3.96. The van der Waals surface area contributed by atoms with Crippen molar-refractivity contribution in [1.29, 1.82) is 0 Å². The van der Waals surface area contributed by atoms with Crippen LogP contribution >= 0.6 is 0 Å². The van der Waals surface area contributed by atoms with E-state index in [1.807, 2.05) is 20.8 Å². The number of aromatic nitrogens is 2. The lowest BCUT2D eigenvalue weighted by Crippen LogP contribution is -2.37. The first kappa shape index (κ1) is 17.4. The molecule has 21 heavy (non-hydrogen) atoms. The van der Waals surface area contributed by atoms with E-state index in [1.54, 1.807) is 4.57 Å². The summed E-state index contributed by atoms with van der Waals surface area (Å²) in [6.45, 7) is 6.90. The van der Waals surface area contributed by atoms with E-state index in [1.165, 1.54) is 16.8 Å². The minimum Gasteiger partial charge on any atom is -0.409 e. The number of nitrogens with zero attached hydrogens (tertiary/aromatic N) is 4. The average molecular weight is 317 g/mol. The Kier molecular flexibility index (Phi) is 6.16. The van der Waals surface area contributed by atoms with Crippen LogP contribution < -0.4 is 5.73 Å². The second kappa shape index (κ2) is 7.41. The number of rotatable bonds is 8. The van der Waals surface area contributed by atoms with Crippen LogP contribution in [-0.4, -0.2) is 46.4 Å². The predicted molar refractivity (Wildman–Crippen MR) is 79.5 cm³/mol. The van der Waals surface area contributed by atoms with E-state index in [0.29, 0.717) is 13.1 Å². The minimum atomic E-state index is -3.68. The second-order valence-electron chi connectivity index (χ2n) is 5.14. The van der Waals surface area contributed by atoms with Gasteiger partial charge in [0.05, 0.1) is 6.33 Å². The van der Waals surface area contributed by atoms with Crippen LogP contribution in [0.2, 0.25) is 0 Å². The molecule has 9 heteroatoms. The molecule has 0 amide bonds. The van der Waals surface area contributed by atoms with Crippen molar-refractivity contribution in [2.24, 2.45) is 16.8 Å². The fourth-order valence-corrected chi connectivity index (χ4v) is 3.32. The predicted octanol–water partition coefficient (Wildman–Crippen LogP) is 0.686. The number of nitrogens with two attached hydrogens (primary N) is 1. The first-order chi connectivity index (χ1) is 9.81. The Balaban J connectivity index is 2.99. The molecule has 0 spiro atoms. The van der Waals surface area contributed by atoms with Gasteiger partial charge in [-0.25, -0.2) is 13.4 Å². The zero-order chi connectivity index (χ0) is 16.0. The van der Waals surface area contributed by atoms with E-state index in [2.05, 4.69) is 10.1 Å². The van der Waals surface area contributed by atoms with Gasteiger partial charge in [0.25, 0.3) is 10.0 Å². The van der Waals surface area contributed by atoms with Crippen molar-refractivity contribution in [2.75, 3.05) is 13.1 Å². The van der Waals surface area contributed by atoms with Gasteiger partial charge in [-0.2, -0.15) is 4.31 Å². The normalized spacial score (nSPS) is 13.3. The molecule has 1 rings (SSSR count). The molecule has 0 saturated carbocycles. The van der Waals surface area contributed by atoms with Crippen molar-refractivity contribution < 1.29 is 13.6 Å². The van der Waals surface area contributed by atoms with Gasteiger partial charge >= 0.3 is 0 Å². The van der Waals surface area contributed by atoms with Gasteiger partial charge in [0, 0.05) is 32.3 Å². The van der Waals surface area contributed by atoms with Gasteiger partial charge in [0.1, 0.15) is 5.84 Å². The summed E-state index contributed by atoms with van der Waals surface area (Å²) in [5.74, 6) is 0.151. The summed E-state index contributed by atoms with van der Waals surface area (Å²) in [5, 5.41) is 11.4. The number of sulfonamides is 1. The van der Waals surface area contributed by atoms with Crippen molar-refractivity contribution in [2.45, 2.75) is 38.8 Å². The first-order valence-corrected chi connectivity index (χ1v) is 8.23. The molecule has 8 nitrogen and oxygen atoms in total. The largest absolute Gasteiger partial charge is 0.409 e. The van der Waals surface area contributed by atoms with Crippen molar-refractivity contribution in [1.82, 2.24) is 13.9 Å². The topological polar surface area (TPSA) is 114 Å². The van der Waals surface area contributed by atoms with Crippen LogP contribution in [0.1, 0.15) is 27.2 Å². The summed E-state index contributed by atoms with van der Waals surface area (Å²) in [7, 11) is -3.68. The maximum atomic E-state index is 12.6. The molecule has 0 radical (unpaired) electrons. The fourth-order valence-electron chi connectivity index (χ4n) is 1.78. The Morgan fingerprint density at radius 2 is 2.24 bits per heavy atom. The number of oxime groups is 1.